The molecule has 10 N–H and O–H groups in total. The summed E-state index contributed by atoms with van der Waals surface area (Å²) >= 11 is 0. The number of carboxylic acid groups (broad SMARTS) is 2. The number of halogens is 6. The number of aromatic nitrogens is 2. The molecule has 0 saturated heterocycles. The first-order chi connectivity index (χ1) is 26.2. The first-order valence-corrected chi connectivity index (χ1v) is 16.8. The highest BCUT2D eigenvalue weighted by Crippen LogP contribution is 2.29. The molecule has 1 aromatic heterocycles. The van der Waals surface area contributed by atoms with Gasteiger partial charge < -0.3 is 37.6 Å². The van der Waals surface area contributed by atoms with E-state index in [0.717, 1.165) is 12.0 Å². The SMILES string of the molecule is CC(C)Nc1ncc(-c2cc(N)cc(NC(=O)CCC3CCCC3)c2)n(CC(=O)NCc2ccc(C(=N)N)cc2)c1=O.FC(F)F.O=C(O)C(F)(F)F.O=CO. The van der Waals surface area contributed by atoms with Gasteiger partial charge in [0.25, 0.3) is 12.0 Å². The lowest BCUT2D eigenvalue weighted by molar-refractivity contribution is -0.192. The summed E-state index contributed by atoms with van der Waals surface area (Å²) < 4.78 is 62.1. The average Bonchev–Trinajstić information content (AvgIpc) is 3.62. The van der Waals surface area contributed by atoms with E-state index in [1.165, 1.54) is 36.4 Å². The van der Waals surface area contributed by atoms with Crippen LogP contribution in [0.2, 0.25) is 0 Å². The van der Waals surface area contributed by atoms with E-state index in [9.17, 15) is 40.7 Å². The summed E-state index contributed by atoms with van der Waals surface area (Å²) in [5, 5.41) is 30.4. The highest BCUT2D eigenvalue weighted by molar-refractivity contribution is 5.95. The Balaban J connectivity index is 0.000000961. The second kappa shape index (κ2) is 23.6. The molecule has 308 valence electrons. The Kier molecular flexibility index (Phi) is 20.2. The zero-order chi connectivity index (χ0) is 42.6. The molecular formula is C35H44F6N8O7. The highest BCUT2D eigenvalue weighted by atomic mass is 19.4. The van der Waals surface area contributed by atoms with Crippen molar-refractivity contribution in [2.75, 3.05) is 16.4 Å². The van der Waals surface area contributed by atoms with Gasteiger partial charge >= 0.3 is 18.8 Å². The Labute approximate surface area is 317 Å². The van der Waals surface area contributed by atoms with Crippen LogP contribution >= 0.6 is 0 Å². The zero-order valence-electron chi connectivity index (χ0n) is 30.3. The summed E-state index contributed by atoms with van der Waals surface area (Å²) in [6, 6.07) is 12.0. The van der Waals surface area contributed by atoms with Crippen molar-refractivity contribution in [1.82, 2.24) is 14.9 Å². The molecule has 0 atom stereocenters. The largest absolute Gasteiger partial charge is 0.490 e. The first kappa shape index (κ1) is 47.9. The maximum atomic E-state index is 13.5. The number of carboxylic acids is 1. The zero-order valence-corrected chi connectivity index (χ0v) is 30.3. The molecule has 1 fully saturated rings. The first-order valence-electron chi connectivity index (χ1n) is 16.8. The van der Waals surface area contributed by atoms with Crippen molar-refractivity contribution in [3.63, 3.8) is 0 Å². The van der Waals surface area contributed by atoms with Crippen molar-refractivity contribution in [2.45, 2.75) is 84.4 Å². The number of rotatable bonds is 12. The number of amides is 2. The van der Waals surface area contributed by atoms with Crippen molar-refractivity contribution in [1.29, 1.82) is 5.41 Å². The van der Waals surface area contributed by atoms with Gasteiger partial charge in [0.2, 0.25) is 11.8 Å². The van der Waals surface area contributed by atoms with Gasteiger partial charge in [0.05, 0.1) is 11.9 Å². The number of nitrogens with two attached hydrogens (primary N) is 2. The highest BCUT2D eigenvalue weighted by Gasteiger charge is 2.38. The van der Waals surface area contributed by atoms with Crippen LogP contribution < -0.4 is 33.0 Å². The van der Waals surface area contributed by atoms with E-state index in [1.54, 1.807) is 42.5 Å². The summed E-state index contributed by atoms with van der Waals surface area (Å²) in [6.45, 7) is -0.155. The Morgan fingerprint density at radius 2 is 1.61 bits per heavy atom. The molecule has 56 heavy (non-hydrogen) atoms. The van der Waals surface area contributed by atoms with Gasteiger partial charge in [0.1, 0.15) is 12.4 Å². The molecule has 0 bridgehead atoms. The molecule has 1 saturated carbocycles. The Morgan fingerprint density at radius 1 is 1.05 bits per heavy atom. The number of alkyl halides is 6. The predicted molar refractivity (Wildman–Crippen MR) is 196 cm³/mol. The molecular weight excluding hydrogens is 758 g/mol. The molecule has 0 unspecified atom stereocenters. The summed E-state index contributed by atoms with van der Waals surface area (Å²) in [5.41, 5.74) is 14.5. The van der Waals surface area contributed by atoms with Crippen LogP contribution in [-0.2, 0) is 32.3 Å². The molecule has 4 rings (SSSR count). The van der Waals surface area contributed by atoms with Crippen molar-refractivity contribution in [3.8, 4) is 11.3 Å². The monoisotopic (exact) mass is 802 g/mol. The number of nitrogen functional groups attached to an aromatic ring is 2. The van der Waals surface area contributed by atoms with Crippen LogP contribution in [0.25, 0.3) is 11.3 Å². The molecule has 1 aliphatic carbocycles. The number of carbonyl (C=O) groups is 4. The maximum absolute atomic E-state index is 13.5. The number of benzene rings is 2. The van der Waals surface area contributed by atoms with E-state index < -0.39 is 24.4 Å². The Bertz CT molecular complexity index is 1810. The lowest BCUT2D eigenvalue weighted by atomic mass is 10.0. The van der Waals surface area contributed by atoms with Crippen molar-refractivity contribution >= 4 is 47.3 Å². The maximum Gasteiger partial charge on any atom is 0.490 e. The normalized spacial score (nSPS) is 12.2. The van der Waals surface area contributed by atoms with Crippen LogP contribution in [0.3, 0.4) is 0 Å². The minimum absolute atomic E-state index is 0.0330. The molecule has 1 aliphatic rings. The minimum atomic E-state index is -5.08. The van der Waals surface area contributed by atoms with Crippen LogP contribution in [0.1, 0.15) is 63.5 Å². The van der Waals surface area contributed by atoms with Gasteiger partial charge in [-0.1, -0.05) is 49.9 Å². The van der Waals surface area contributed by atoms with Crippen molar-refractivity contribution in [2.24, 2.45) is 11.7 Å². The van der Waals surface area contributed by atoms with E-state index in [0.29, 0.717) is 40.5 Å². The number of nitrogens with one attached hydrogen (secondary N) is 4. The van der Waals surface area contributed by atoms with Crippen LogP contribution in [0.4, 0.5) is 43.5 Å². The van der Waals surface area contributed by atoms with E-state index >= 15 is 0 Å². The van der Waals surface area contributed by atoms with Crippen LogP contribution in [0, 0.1) is 11.3 Å². The van der Waals surface area contributed by atoms with Gasteiger partial charge in [-0.3, -0.25) is 29.2 Å². The molecule has 3 aromatic rings. The molecule has 0 radical (unpaired) electrons. The number of anilines is 3. The minimum Gasteiger partial charge on any atom is -0.483 e. The number of aliphatic carboxylic acids is 1. The third-order valence-corrected chi connectivity index (χ3v) is 7.57. The topological polar surface area (TPSA) is 256 Å². The van der Waals surface area contributed by atoms with Gasteiger partial charge in [0.15, 0.2) is 5.82 Å². The summed E-state index contributed by atoms with van der Waals surface area (Å²) in [7, 11) is 0. The van der Waals surface area contributed by atoms with Gasteiger partial charge in [0, 0.05) is 41.5 Å². The number of amidine groups is 1. The standard InChI is InChI=1S/C31H40N8O3.C2HF3O2.CHF3.CH2O2/c1-19(2)37-30-31(42)39(18-28(41)35-16-21-7-10-22(11-8-21)29(33)34)26(17-36-30)23-13-24(32)15-25(14-23)38-27(40)12-9-20-5-3-4-6-20;3-2(4,5)1(6)7;2-1(3)4;2-1-3/h7-8,10-11,13-15,17,19-20H,3-6,9,12,16,18,32H2,1-2H3,(H3,33,34)(H,35,41)(H,36,37)(H,38,40);(H,6,7);1H;1H,(H,2,3). The van der Waals surface area contributed by atoms with Crippen LogP contribution in [0.15, 0.2) is 53.5 Å². The lowest BCUT2D eigenvalue weighted by Crippen LogP contribution is -2.35. The van der Waals surface area contributed by atoms with Gasteiger partial charge in [-0.25, -0.2) is 9.78 Å². The van der Waals surface area contributed by atoms with Gasteiger partial charge in [-0.05, 0) is 49.9 Å². The van der Waals surface area contributed by atoms with E-state index in [1.807, 2.05) is 13.8 Å². The van der Waals surface area contributed by atoms with Gasteiger partial charge in [-0.2, -0.15) is 26.3 Å². The third-order valence-electron chi connectivity index (χ3n) is 7.57. The quantitative estimate of drug-likeness (QED) is 0.0382. The fourth-order valence-corrected chi connectivity index (χ4v) is 5.18. The number of nitrogens with zero attached hydrogens (tertiary/aromatic N) is 2. The number of hydrogen-bond donors (Lipinski definition) is 8. The van der Waals surface area contributed by atoms with Gasteiger partial charge in [-0.15, -0.1) is 0 Å². The summed E-state index contributed by atoms with van der Waals surface area (Å²) in [4.78, 5) is 60.8. The Morgan fingerprint density at radius 3 is 2.11 bits per heavy atom. The lowest BCUT2D eigenvalue weighted by Gasteiger charge is -2.17. The number of hydrogen-bond acceptors (Lipinski definition) is 9. The van der Waals surface area contributed by atoms with Crippen LogP contribution in [0.5, 0.6) is 0 Å². The molecule has 0 aliphatic heterocycles. The second-order valence-corrected chi connectivity index (χ2v) is 12.3. The molecule has 21 heteroatoms. The molecule has 1 heterocycles. The third kappa shape index (κ3) is 18.3. The fourth-order valence-electron chi connectivity index (χ4n) is 5.18. The molecule has 0 spiro atoms. The van der Waals surface area contributed by atoms with E-state index in [2.05, 4.69) is 20.9 Å². The smallest absolute Gasteiger partial charge is 0.483 e. The average molecular weight is 803 g/mol. The number of carbonyl (C=O) groups excluding carboxylic acids is 2. The molecule has 15 nitrogen and oxygen atoms in total. The summed E-state index contributed by atoms with van der Waals surface area (Å²) in [5.74, 6) is -2.51. The Hall–Kier alpha value is -6.15. The van der Waals surface area contributed by atoms with Crippen molar-refractivity contribution in [3.05, 3.63) is 70.1 Å². The molecule has 2 amide bonds. The fraction of sp³-hybridized carbons (Fsp3) is 0.400. The van der Waals surface area contributed by atoms with Crippen molar-refractivity contribution < 1.29 is 55.7 Å². The van der Waals surface area contributed by atoms with E-state index in [-0.39, 0.29) is 49.1 Å². The van der Waals surface area contributed by atoms with Crippen LogP contribution in [-0.4, -0.2) is 68.8 Å². The van der Waals surface area contributed by atoms with E-state index in [4.69, 9.17) is 36.7 Å². The second-order valence-electron chi connectivity index (χ2n) is 12.3. The molecule has 2 aromatic carbocycles. The summed E-state index contributed by atoms with van der Waals surface area (Å²) in [6.07, 6.45) is 2.58. The predicted octanol–water partition coefficient (Wildman–Crippen LogP) is 5.33.